The molecule has 0 aromatic carbocycles. The fourth-order valence-electron chi connectivity index (χ4n) is 2.66. The predicted octanol–water partition coefficient (Wildman–Crippen LogP) is 2.94. The molecule has 2 aliphatic rings. The molecule has 2 aliphatic carbocycles. The Labute approximate surface area is 84.0 Å². The predicted molar refractivity (Wildman–Crippen MR) is 52.2 cm³/mol. The minimum Gasteiger partial charge on any atom is -0.327 e. The maximum absolute atomic E-state index is 12.9. The first-order chi connectivity index (χ1) is 6.58. The molecule has 3 heteroatoms. The number of halogens is 2. The highest BCUT2D eigenvalue weighted by molar-refractivity contribution is 4.89. The van der Waals surface area contributed by atoms with Crippen molar-refractivity contribution in [3.05, 3.63) is 0 Å². The molecular weight excluding hydrogens is 184 g/mol. The average Bonchev–Trinajstić information content (AvgIpc) is 2.00. The zero-order valence-corrected chi connectivity index (χ0v) is 8.52. The fourth-order valence-corrected chi connectivity index (χ4v) is 2.66. The lowest BCUT2D eigenvalue weighted by Crippen LogP contribution is -2.43. The van der Waals surface area contributed by atoms with Crippen molar-refractivity contribution in [1.82, 2.24) is 0 Å². The summed E-state index contributed by atoms with van der Waals surface area (Å²) >= 11 is 0. The molecule has 1 atom stereocenters. The maximum Gasteiger partial charge on any atom is 0.248 e. The lowest BCUT2D eigenvalue weighted by molar-refractivity contribution is -0.0517. The molecule has 0 heterocycles. The van der Waals surface area contributed by atoms with Gasteiger partial charge in [-0.15, -0.1) is 0 Å². The lowest BCUT2D eigenvalue weighted by atomic mass is 9.71. The van der Waals surface area contributed by atoms with Crippen LogP contribution in [0.3, 0.4) is 0 Å². The smallest absolute Gasteiger partial charge is 0.248 e. The molecule has 0 aromatic rings. The Morgan fingerprint density at radius 1 is 1.00 bits per heavy atom. The van der Waals surface area contributed by atoms with Crippen LogP contribution in [0.25, 0.3) is 0 Å². The summed E-state index contributed by atoms with van der Waals surface area (Å²) in [5, 5.41) is 0. The summed E-state index contributed by atoms with van der Waals surface area (Å²) in [5.74, 6) is -1.41. The van der Waals surface area contributed by atoms with Gasteiger partial charge in [-0.25, -0.2) is 8.78 Å². The fraction of sp³-hybridized carbons (Fsp3) is 1.00. The molecule has 2 saturated carbocycles. The Hall–Kier alpha value is -0.180. The highest BCUT2D eigenvalue weighted by Gasteiger charge is 2.39. The second-order valence-electron chi connectivity index (χ2n) is 4.96. The van der Waals surface area contributed by atoms with Gasteiger partial charge in [-0.1, -0.05) is 6.42 Å². The van der Waals surface area contributed by atoms with Gasteiger partial charge in [-0.05, 0) is 37.5 Å². The van der Waals surface area contributed by atoms with E-state index >= 15 is 0 Å². The van der Waals surface area contributed by atoms with Gasteiger partial charge in [0.05, 0.1) is 0 Å². The van der Waals surface area contributed by atoms with Gasteiger partial charge < -0.3 is 5.73 Å². The molecule has 1 unspecified atom stereocenters. The van der Waals surface area contributed by atoms with Crippen LogP contribution >= 0.6 is 0 Å². The van der Waals surface area contributed by atoms with Crippen LogP contribution in [0.15, 0.2) is 0 Å². The number of hydrogen-bond donors (Lipinski definition) is 1. The summed E-state index contributed by atoms with van der Waals surface area (Å²) in [7, 11) is 0. The zero-order valence-electron chi connectivity index (χ0n) is 8.52. The van der Waals surface area contributed by atoms with E-state index < -0.39 is 5.92 Å². The number of alkyl halides is 2. The van der Waals surface area contributed by atoms with Crippen LogP contribution in [0.2, 0.25) is 0 Å². The highest BCUT2D eigenvalue weighted by atomic mass is 19.3. The summed E-state index contributed by atoms with van der Waals surface area (Å²) < 4.78 is 25.8. The zero-order chi connectivity index (χ0) is 10.2. The van der Waals surface area contributed by atoms with Crippen molar-refractivity contribution in [1.29, 1.82) is 0 Å². The van der Waals surface area contributed by atoms with E-state index in [0.29, 0.717) is 24.7 Å². The Morgan fingerprint density at radius 3 is 1.93 bits per heavy atom. The molecule has 2 fully saturated rings. The summed E-state index contributed by atoms with van der Waals surface area (Å²) in [5.41, 5.74) is 6.10. The van der Waals surface area contributed by atoms with Gasteiger partial charge in [0.25, 0.3) is 0 Å². The minimum absolute atomic E-state index is 0.0537. The van der Waals surface area contributed by atoms with Gasteiger partial charge in [0.2, 0.25) is 5.92 Å². The second-order valence-corrected chi connectivity index (χ2v) is 4.96. The van der Waals surface area contributed by atoms with Crippen molar-refractivity contribution in [2.75, 3.05) is 0 Å². The van der Waals surface area contributed by atoms with Gasteiger partial charge in [-0.3, -0.25) is 0 Å². The summed E-state index contributed by atoms with van der Waals surface area (Å²) in [4.78, 5) is 0. The number of nitrogens with two attached hydrogens (primary N) is 1. The summed E-state index contributed by atoms with van der Waals surface area (Å²) in [6.45, 7) is 0. The van der Waals surface area contributed by atoms with Crippen molar-refractivity contribution in [2.24, 2.45) is 17.6 Å². The molecule has 0 aliphatic heterocycles. The molecule has 14 heavy (non-hydrogen) atoms. The van der Waals surface area contributed by atoms with Crippen molar-refractivity contribution in [3.8, 4) is 0 Å². The third-order valence-corrected chi connectivity index (χ3v) is 4.00. The first kappa shape index (κ1) is 10.3. The topological polar surface area (TPSA) is 26.0 Å². The molecule has 0 amide bonds. The SMILES string of the molecule is NC(C1CCC1)C1CCC(F)(F)CC1. The normalized spacial score (nSPS) is 31.1. The first-order valence-electron chi connectivity index (χ1n) is 5.72. The van der Waals surface area contributed by atoms with Crippen molar-refractivity contribution < 1.29 is 8.78 Å². The molecule has 1 nitrogen and oxygen atoms in total. The Balaban J connectivity index is 1.82. The van der Waals surface area contributed by atoms with E-state index in [1.807, 2.05) is 0 Å². The van der Waals surface area contributed by atoms with Crippen LogP contribution < -0.4 is 5.73 Å². The van der Waals surface area contributed by atoms with E-state index in [1.165, 1.54) is 19.3 Å². The third-order valence-electron chi connectivity index (χ3n) is 4.00. The van der Waals surface area contributed by atoms with E-state index in [-0.39, 0.29) is 18.9 Å². The Kier molecular flexibility index (Phi) is 2.78. The van der Waals surface area contributed by atoms with Gasteiger partial charge >= 0.3 is 0 Å². The molecule has 2 rings (SSSR count). The largest absolute Gasteiger partial charge is 0.327 e. The van der Waals surface area contributed by atoms with Gasteiger partial charge in [0.1, 0.15) is 0 Å². The summed E-state index contributed by atoms with van der Waals surface area (Å²) in [6.07, 6.45) is 5.08. The van der Waals surface area contributed by atoms with E-state index in [9.17, 15) is 8.78 Å². The molecule has 2 N–H and O–H groups in total. The quantitative estimate of drug-likeness (QED) is 0.733. The van der Waals surface area contributed by atoms with Crippen LogP contribution in [-0.4, -0.2) is 12.0 Å². The Bertz CT molecular complexity index is 191. The lowest BCUT2D eigenvalue weighted by Gasteiger charge is -2.39. The molecule has 0 aromatic heterocycles. The standard InChI is InChI=1S/C11H19F2N/c12-11(13)6-4-9(5-7-11)10(14)8-2-1-3-8/h8-10H,1-7,14H2. The van der Waals surface area contributed by atoms with Crippen molar-refractivity contribution in [2.45, 2.75) is 56.9 Å². The van der Waals surface area contributed by atoms with Gasteiger partial charge in [-0.2, -0.15) is 0 Å². The average molecular weight is 203 g/mol. The van der Waals surface area contributed by atoms with Crippen LogP contribution in [-0.2, 0) is 0 Å². The number of rotatable bonds is 2. The van der Waals surface area contributed by atoms with Crippen LogP contribution in [0.1, 0.15) is 44.9 Å². The van der Waals surface area contributed by atoms with E-state index in [1.54, 1.807) is 0 Å². The highest BCUT2D eigenvalue weighted by Crippen LogP contribution is 2.41. The number of hydrogen-bond acceptors (Lipinski definition) is 1. The third kappa shape index (κ3) is 2.08. The summed E-state index contributed by atoms with van der Waals surface area (Å²) in [6, 6.07) is 0.194. The monoisotopic (exact) mass is 203 g/mol. The van der Waals surface area contributed by atoms with Crippen molar-refractivity contribution >= 4 is 0 Å². The maximum atomic E-state index is 12.9. The van der Waals surface area contributed by atoms with Gasteiger partial charge in [0.15, 0.2) is 0 Å². The minimum atomic E-state index is -2.41. The molecule has 82 valence electrons. The Morgan fingerprint density at radius 2 is 1.50 bits per heavy atom. The van der Waals surface area contributed by atoms with Crippen LogP contribution in [0.5, 0.6) is 0 Å². The van der Waals surface area contributed by atoms with Crippen molar-refractivity contribution in [3.63, 3.8) is 0 Å². The van der Waals surface area contributed by atoms with Gasteiger partial charge in [0, 0.05) is 18.9 Å². The van der Waals surface area contributed by atoms with E-state index in [0.717, 1.165) is 0 Å². The molecule has 0 radical (unpaired) electrons. The molecule has 0 spiro atoms. The molecule has 0 saturated heterocycles. The van der Waals surface area contributed by atoms with E-state index in [4.69, 9.17) is 5.73 Å². The van der Waals surface area contributed by atoms with Crippen LogP contribution in [0.4, 0.5) is 8.78 Å². The molecule has 0 bridgehead atoms. The second kappa shape index (κ2) is 3.76. The van der Waals surface area contributed by atoms with Crippen LogP contribution in [0, 0.1) is 11.8 Å². The molecular formula is C11H19F2N. The first-order valence-corrected chi connectivity index (χ1v) is 5.72. The van der Waals surface area contributed by atoms with E-state index in [2.05, 4.69) is 0 Å².